The molecule has 0 N–H and O–H groups in total. The number of allylic oxidation sites excluding steroid dienone is 1. The molecule has 0 fully saturated rings. The highest BCUT2D eigenvalue weighted by atomic mass is 14.3. The molecule has 1 heteroatoms. The zero-order chi connectivity index (χ0) is 9.68. The molecule has 0 heterocycles. The molecule has 1 aromatic rings. The molecule has 0 saturated heterocycles. The molecule has 0 bridgehead atoms. The first kappa shape index (κ1) is 9.54. The van der Waals surface area contributed by atoms with Crippen LogP contribution in [-0.2, 0) is 0 Å². The van der Waals surface area contributed by atoms with E-state index in [0.29, 0.717) is 0 Å². The van der Waals surface area contributed by atoms with Gasteiger partial charge in [-0.3, -0.25) is 0 Å². The average molecular weight is 171 g/mol. The van der Waals surface area contributed by atoms with Gasteiger partial charge in [-0.2, -0.15) is 5.26 Å². The molecule has 0 radical (unpaired) electrons. The van der Waals surface area contributed by atoms with Crippen molar-refractivity contribution in [2.75, 3.05) is 0 Å². The number of rotatable bonds is 3. The molecular weight excluding hydrogens is 158 g/mol. The fraction of sp³-hybridized carbons (Fsp3) is 0.250. The highest BCUT2D eigenvalue weighted by Gasteiger charge is 2.07. The second kappa shape index (κ2) is 4.47. The van der Waals surface area contributed by atoms with Gasteiger partial charge in [0.25, 0.3) is 0 Å². The van der Waals surface area contributed by atoms with Crippen molar-refractivity contribution in [1.82, 2.24) is 0 Å². The Labute approximate surface area is 79.3 Å². The van der Waals surface area contributed by atoms with E-state index < -0.39 is 0 Å². The summed E-state index contributed by atoms with van der Waals surface area (Å²) in [6, 6.07) is 10.3. The van der Waals surface area contributed by atoms with Crippen molar-refractivity contribution in [3.63, 3.8) is 0 Å². The van der Waals surface area contributed by atoms with Crippen LogP contribution >= 0.6 is 0 Å². The topological polar surface area (TPSA) is 23.8 Å². The SMILES string of the molecule is C=CC[C@@H](C#N)c1cccc(C)c1. The zero-order valence-electron chi connectivity index (χ0n) is 7.83. The summed E-state index contributed by atoms with van der Waals surface area (Å²) in [6.45, 7) is 5.68. The van der Waals surface area contributed by atoms with Crippen molar-refractivity contribution >= 4 is 0 Å². The first-order chi connectivity index (χ1) is 6.27. The molecule has 66 valence electrons. The van der Waals surface area contributed by atoms with Gasteiger partial charge in [-0.25, -0.2) is 0 Å². The van der Waals surface area contributed by atoms with Gasteiger partial charge in [-0.05, 0) is 18.9 Å². The molecule has 13 heavy (non-hydrogen) atoms. The van der Waals surface area contributed by atoms with E-state index in [9.17, 15) is 0 Å². The van der Waals surface area contributed by atoms with Gasteiger partial charge >= 0.3 is 0 Å². The fourth-order valence-corrected chi connectivity index (χ4v) is 1.32. The molecule has 1 rings (SSSR count). The maximum atomic E-state index is 8.90. The lowest BCUT2D eigenvalue weighted by molar-refractivity contribution is 0.877. The number of hydrogen-bond donors (Lipinski definition) is 0. The summed E-state index contributed by atoms with van der Waals surface area (Å²) in [4.78, 5) is 0. The minimum atomic E-state index is -0.0441. The van der Waals surface area contributed by atoms with E-state index in [0.717, 1.165) is 12.0 Å². The van der Waals surface area contributed by atoms with E-state index in [1.165, 1.54) is 5.56 Å². The summed E-state index contributed by atoms with van der Waals surface area (Å²) in [7, 11) is 0. The van der Waals surface area contributed by atoms with Crippen LogP contribution < -0.4 is 0 Å². The van der Waals surface area contributed by atoms with Crippen LogP contribution in [0, 0.1) is 18.3 Å². The monoisotopic (exact) mass is 171 g/mol. The number of aryl methyl sites for hydroxylation is 1. The van der Waals surface area contributed by atoms with E-state index in [1.54, 1.807) is 6.08 Å². The van der Waals surface area contributed by atoms with Crippen LogP contribution in [0.25, 0.3) is 0 Å². The van der Waals surface area contributed by atoms with Crippen molar-refractivity contribution in [1.29, 1.82) is 5.26 Å². The molecule has 0 aliphatic rings. The lowest BCUT2D eigenvalue weighted by Gasteiger charge is -2.06. The third-order valence-corrected chi connectivity index (χ3v) is 2.00. The molecule has 0 unspecified atom stereocenters. The van der Waals surface area contributed by atoms with Gasteiger partial charge in [0.15, 0.2) is 0 Å². The lowest BCUT2D eigenvalue weighted by atomic mass is 9.96. The molecule has 1 nitrogen and oxygen atoms in total. The standard InChI is InChI=1S/C12H13N/c1-3-5-12(9-13)11-7-4-6-10(2)8-11/h3-4,6-8,12H,1,5H2,2H3/t12-/m0/s1. The van der Waals surface area contributed by atoms with Crippen LogP contribution in [0.15, 0.2) is 36.9 Å². The number of nitrogens with zero attached hydrogens (tertiary/aromatic N) is 1. The third-order valence-electron chi connectivity index (χ3n) is 2.00. The maximum absolute atomic E-state index is 8.90. The Morgan fingerprint density at radius 2 is 2.38 bits per heavy atom. The van der Waals surface area contributed by atoms with Gasteiger partial charge in [0.1, 0.15) is 0 Å². The summed E-state index contributed by atoms with van der Waals surface area (Å²) in [5.41, 5.74) is 2.28. The maximum Gasteiger partial charge on any atom is 0.0747 e. The Balaban J connectivity index is 2.92. The summed E-state index contributed by atoms with van der Waals surface area (Å²) in [5.74, 6) is -0.0441. The fourth-order valence-electron chi connectivity index (χ4n) is 1.32. The second-order valence-electron chi connectivity index (χ2n) is 3.12. The smallest absolute Gasteiger partial charge is 0.0747 e. The molecule has 0 aliphatic carbocycles. The van der Waals surface area contributed by atoms with Gasteiger partial charge in [0.05, 0.1) is 12.0 Å². The molecule has 0 aromatic heterocycles. The molecule has 1 atom stereocenters. The van der Waals surface area contributed by atoms with Crippen molar-refractivity contribution in [3.05, 3.63) is 48.0 Å². The highest BCUT2D eigenvalue weighted by molar-refractivity contribution is 5.29. The quantitative estimate of drug-likeness (QED) is 0.641. The first-order valence-corrected chi connectivity index (χ1v) is 4.35. The number of nitriles is 1. The predicted octanol–water partition coefficient (Wildman–Crippen LogP) is 3.18. The van der Waals surface area contributed by atoms with Crippen molar-refractivity contribution < 1.29 is 0 Å². The first-order valence-electron chi connectivity index (χ1n) is 4.35. The predicted molar refractivity (Wildman–Crippen MR) is 54.3 cm³/mol. The molecule has 0 saturated carbocycles. The largest absolute Gasteiger partial charge is 0.198 e. The van der Waals surface area contributed by atoms with Crippen molar-refractivity contribution in [3.8, 4) is 6.07 Å². The van der Waals surface area contributed by atoms with Gasteiger partial charge in [-0.1, -0.05) is 35.9 Å². The summed E-state index contributed by atoms with van der Waals surface area (Å²) in [5, 5.41) is 8.90. The van der Waals surface area contributed by atoms with Crippen LogP contribution in [-0.4, -0.2) is 0 Å². The van der Waals surface area contributed by atoms with Gasteiger partial charge in [0, 0.05) is 0 Å². The Bertz CT molecular complexity index is 333. The second-order valence-corrected chi connectivity index (χ2v) is 3.12. The summed E-state index contributed by atoms with van der Waals surface area (Å²) >= 11 is 0. The summed E-state index contributed by atoms with van der Waals surface area (Å²) < 4.78 is 0. The van der Waals surface area contributed by atoms with E-state index in [2.05, 4.69) is 18.7 Å². The minimum Gasteiger partial charge on any atom is -0.198 e. The van der Waals surface area contributed by atoms with Crippen LogP contribution in [0.5, 0.6) is 0 Å². The van der Waals surface area contributed by atoms with Crippen molar-refractivity contribution in [2.45, 2.75) is 19.3 Å². The Hall–Kier alpha value is -1.55. The Kier molecular flexibility index (Phi) is 3.28. The minimum absolute atomic E-state index is 0.0441. The van der Waals surface area contributed by atoms with Gasteiger partial charge < -0.3 is 0 Å². The number of hydrogen-bond acceptors (Lipinski definition) is 1. The third kappa shape index (κ3) is 2.45. The van der Waals surface area contributed by atoms with Crippen molar-refractivity contribution in [2.24, 2.45) is 0 Å². The van der Waals surface area contributed by atoms with E-state index >= 15 is 0 Å². The molecule has 0 aliphatic heterocycles. The number of benzene rings is 1. The highest BCUT2D eigenvalue weighted by Crippen LogP contribution is 2.19. The van der Waals surface area contributed by atoms with Crippen LogP contribution in [0.2, 0.25) is 0 Å². The van der Waals surface area contributed by atoms with E-state index in [-0.39, 0.29) is 5.92 Å². The average Bonchev–Trinajstić information content (AvgIpc) is 2.14. The molecule has 0 spiro atoms. The molecule has 0 amide bonds. The lowest BCUT2D eigenvalue weighted by Crippen LogP contribution is -1.93. The van der Waals surface area contributed by atoms with Gasteiger partial charge in [0.2, 0.25) is 0 Å². The normalized spacial score (nSPS) is 11.7. The Morgan fingerprint density at radius 1 is 1.62 bits per heavy atom. The summed E-state index contributed by atoms with van der Waals surface area (Å²) in [6.07, 6.45) is 2.51. The van der Waals surface area contributed by atoms with Crippen LogP contribution in [0.3, 0.4) is 0 Å². The molecule has 1 aromatic carbocycles. The molecular formula is C12H13N. The van der Waals surface area contributed by atoms with Crippen LogP contribution in [0.4, 0.5) is 0 Å². The van der Waals surface area contributed by atoms with Gasteiger partial charge in [-0.15, -0.1) is 6.58 Å². The van der Waals surface area contributed by atoms with E-state index in [4.69, 9.17) is 5.26 Å². The zero-order valence-corrected chi connectivity index (χ0v) is 7.83. The van der Waals surface area contributed by atoms with Crippen LogP contribution in [0.1, 0.15) is 23.5 Å². The Morgan fingerprint density at radius 3 is 2.92 bits per heavy atom. The van der Waals surface area contributed by atoms with E-state index in [1.807, 2.05) is 25.1 Å².